The zero-order chi connectivity index (χ0) is 40.6. The van der Waals surface area contributed by atoms with Crippen LogP contribution in [0.1, 0.15) is 24.2 Å². The molecule has 56 heavy (non-hydrogen) atoms. The van der Waals surface area contributed by atoms with Crippen LogP contribution in [-0.4, -0.2) is 127 Å². The van der Waals surface area contributed by atoms with E-state index in [1.54, 1.807) is 22.2 Å². The van der Waals surface area contributed by atoms with E-state index < -0.39 is 31.7 Å². The van der Waals surface area contributed by atoms with Crippen LogP contribution in [0.15, 0.2) is 70.5 Å². The molecule has 4 aromatic rings. The number of hydrogen-bond acceptors (Lipinski definition) is 12. The van der Waals surface area contributed by atoms with Gasteiger partial charge in [-0.15, -0.1) is 0 Å². The normalized spacial score (nSPS) is 15.7. The largest absolute Gasteiger partial charge is 0.396 e. The van der Waals surface area contributed by atoms with Crippen LogP contribution in [0.3, 0.4) is 0 Å². The molecule has 6 rings (SSSR count). The molecule has 0 amide bonds. The van der Waals surface area contributed by atoms with Crippen LogP contribution in [0, 0.1) is 11.6 Å². The van der Waals surface area contributed by atoms with Crippen LogP contribution in [0.2, 0.25) is 0 Å². The van der Waals surface area contributed by atoms with E-state index in [9.17, 15) is 40.0 Å². The van der Waals surface area contributed by atoms with E-state index in [4.69, 9.17) is 5.11 Å². The van der Waals surface area contributed by atoms with Gasteiger partial charge in [0.2, 0.25) is 20.0 Å². The zero-order valence-electron chi connectivity index (χ0n) is 31.0. The second-order valence-electron chi connectivity index (χ2n) is 13.2. The number of halogens is 2. The van der Waals surface area contributed by atoms with Crippen LogP contribution in [0.4, 0.5) is 20.4 Å². The topological polar surface area (TPSA) is 188 Å². The highest BCUT2D eigenvalue weighted by Gasteiger charge is 2.28. The lowest BCUT2D eigenvalue weighted by Crippen LogP contribution is -2.50. The minimum atomic E-state index is -3.29. The number of aliphatic hydroxyl groups is 1. The van der Waals surface area contributed by atoms with Gasteiger partial charge < -0.3 is 19.7 Å². The Bertz CT molecular complexity index is 2330. The molecule has 0 atom stereocenters. The summed E-state index contributed by atoms with van der Waals surface area (Å²) in [5.74, 6) is -0.388. The molecule has 2 saturated heterocycles. The van der Waals surface area contributed by atoms with Crippen molar-refractivity contribution in [3.8, 4) is 11.4 Å². The third kappa shape index (κ3) is 10.7. The van der Waals surface area contributed by atoms with Crippen LogP contribution in [0.5, 0.6) is 0 Å². The Labute approximate surface area is 323 Å². The van der Waals surface area contributed by atoms with Crippen LogP contribution in [-0.2, 0) is 37.7 Å². The van der Waals surface area contributed by atoms with Crippen molar-refractivity contribution in [2.45, 2.75) is 25.7 Å². The number of aliphatic hydroxyl groups excluding tert-OH is 1. The Morgan fingerprint density at radius 3 is 1.36 bits per heavy atom. The molecule has 0 unspecified atom stereocenters. The number of aryl methyl sites for hydroxylation is 2. The number of rotatable bonds is 12. The molecule has 2 aromatic heterocycles. The third-order valence-electron chi connectivity index (χ3n) is 9.21. The molecule has 0 spiro atoms. The maximum Gasteiger partial charge on any atom is 0.298 e. The molecule has 2 aromatic carbocycles. The predicted molar refractivity (Wildman–Crippen MR) is 207 cm³/mol. The number of carbonyl (C=O) groups excluding carboxylic acids is 1. The highest BCUT2D eigenvalue weighted by molar-refractivity contribution is 7.88. The molecule has 0 aliphatic carbocycles. The summed E-state index contributed by atoms with van der Waals surface area (Å²) in [4.78, 5) is 49.2. The first-order valence-corrected chi connectivity index (χ1v) is 21.5. The quantitative estimate of drug-likeness (QED) is 0.200. The summed E-state index contributed by atoms with van der Waals surface area (Å²) in [5.41, 5.74) is 1.43. The lowest BCUT2D eigenvalue weighted by atomic mass is 10.2. The number of aldehydes is 1. The van der Waals surface area contributed by atoms with Gasteiger partial charge in [-0.1, -0.05) is 0 Å². The second kappa shape index (κ2) is 18.4. The van der Waals surface area contributed by atoms with Crippen molar-refractivity contribution in [3.05, 3.63) is 105 Å². The maximum absolute atomic E-state index is 13.3. The van der Waals surface area contributed by atoms with Crippen molar-refractivity contribution in [1.82, 2.24) is 27.7 Å². The van der Waals surface area contributed by atoms with Gasteiger partial charge in [0, 0.05) is 89.2 Å². The van der Waals surface area contributed by atoms with Crippen molar-refractivity contribution in [2.75, 3.05) is 81.3 Å². The van der Waals surface area contributed by atoms with Crippen LogP contribution in [0.25, 0.3) is 11.4 Å². The predicted octanol–water partition coefficient (Wildman–Crippen LogP) is 0.963. The lowest BCUT2D eigenvalue weighted by molar-refractivity contribution is -0.107. The van der Waals surface area contributed by atoms with Gasteiger partial charge in [-0.2, -0.15) is 8.61 Å². The number of aromatic nitrogens is 4. The summed E-state index contributed by atoms with van der Waals surface area (Å²) in [6.45, 7) is 2.43. The third-order valence-corrected chi connectivity index (χ3v) is 11.8. The summed E-state index contributed by atoms with van der Waals surface area (Å²) < 4.78 is 78.8. The molecule has 0 saturated carbocycles. The van der Waals surface area contributed by atoms with Crippen molar-refractivity contribution >= 4 is 38.0 Å². The maximum atomic E-state index is 13.3. The second-order valence-corrected chi connectivity index (χ2v) is 17.2. The minimum Gasteiger partial charge on any atom is -0.396 e. The monoisotopic (exact) mass is 818 g/mol. The lowest BCUT2D eigenvalue weighted by Gasteiger charge is -2.33. The summed E-state index contributed by atoms with van der Waals surface area (Å²) >= 11 is 0. The number of sulfonamides is 2. The number of benzene rings is 2. The molecular formula is C36H44F2N8O8S2. The number of nitrogens with zero attached hydrogens (tertiary/aromatic N) is 8. The van der Waals surface area contributed by atoms with E-state index in [1.165, 1.54) is 66.3 Å². The van der Waals surface area contributed by atoms with E-state index in [2.05, 4.69) is 9.97 Å². The molecule has 1 N–H and O–H groups in total. The molecule has 302 valence electrons. The van der Waals surface area contributed by atoms with E-state index in [0.29, 0.717) is 68.2 Å². The average molecular weight is 819 g/mol. The Hall–Kier alpha value is -4.89. The van der Waals surface area contributed by atoms with Gasteiger partial charge in [-0.3, -0.25) is 18.7 Å². The van der Waals surface area contributed by atoms with Crippen molar-refractivity contribution in [2.24, 2.45) is 0 Å². The highest BCUT2D eigenvalue weighted by Crippen LogP contribution is 2.18. The molecule has 16 nitrogen and oxygen atoms in total. The summed E-state index contributed by atoms with van der Waals surface area (Å²) in [6, 6.07) is 11.1. The van der Waals surface area contributed by atoms with E-state index in [-0.39, 0.29) is 62.0 Å². The standard InChI is InChI=1S/C18H23FN4O4S.C18H21FN4O4S/c2*1-28(26,27)22-10-8-21(9-11-22)17-18(25)23(13-15(20-17)3-2-12-24)16-6-4-14(19)5-7-16/h4-7,13,24H,2-3,8-12H2,1H3;4-7,12-13H,2-3,8-11H2,1H3. The smallest absolute Gasteiger partial charge is 0.298 e. The molecule has 20 heteroatoms. The molecule has 2 aliphatic rings. The molecule has 0 bridgehead atoms. The zero-order valence-corrected chi connectivity index (χ0v) is 32.6. The Morgan fingerprint density at radius 2 is 1.02 bits per heavy atom. The van der Waals surface area contributed by atoms with Gasteiger partial charge in [0.15, 0.2) is 11.6 Å². The van der Waals surface area contributed by atoms with Gasteiger partial charge >= 0.3 is 0 Å². The van der Waals surface area contributed by atoms with Crippen molar-refractivity contribution in [1.29, 1.82) is 0 Å². The number of carbonyl (C=O) groups is 1. The Kier molecular flexibility index (Phi) is 13.9. The first-order valence-electron chi connectivity index (χ1n) is 17.8. The van der Waals surface area contributed by atoms with Gasteiger partial charge in [0.25, 0.3) is 11.1 Å². The van der Waals surface area contributed by atoms with Gasteiger partial charge in [0.1, 0.15) is 17.9 Å². The van der Waals surface area contributed by atoms with Crippen molar-refractivity contribution < 1.29 is 35.5 Å². The fourth-order valence-corrected chi connectivity index (χ4v) is 7.88. The van der Waals surface area contributed by atoms with Gasteiger partial charge in [-0.25, -0.2) is 35.6 Å². The number of piperazine rings is 2. The van der Waals surface area contributed by atoms with Crippen molar-refractivity contribution in [3.63, 3.8) is 0 Å². The highest BCUT2D eigenvalue weighted by atomic mass is 32.2. The minimum absolute atomic E-state index is 0.000276. The number of hydrogen-bond donors (Lipinski definition) is 1. The average Bonchev–Trinajstić information content (AvgIpc) is 3.17. The fraction of sp³-hybridized carbons (Fsp3) is 0.417. The van der Waals surface area contributed by atoms with E-state index >= 15 is 0 Å². The SMILES string of the molecule is CS(=O)(=O)N1CCN(c2nc(CCC=O)cn(-c3ccc(F)cc3)c2=O)CC1.CS(=O)(=O)N1CCN(c2nc(CCCO)cn(-c3ccc(F)cc3)c2=O)CC1. The molecule has 2 fully saturated rings. The molecule has 4 heterocycles. The van der Waals surface area contributed by atoms with Gasteiger partial charge in [-0.05, 0) is 67.8 Å². The molecular weight excluding hydrogens is 775 g/mol. The molecule has 0 radical (unpaired) electrons. The fourth-order valence-electron chi connectivity index (χ4n) is 6.23. The summed E-state index contributed by atoms with van der Waals surface area (Å²) in [6.07, 6.45) is 7.85. The first kappa shape index (κ1) is 42.3. The summed E-state index contributed by atoms with van der Waals surface area (Å²) in [5, 5.41) is 9.11. The molecule has 2 aliphatic heterocycles. The first-order chi connectivity index (χ1) is 26.6. The van der Waals surface area contributed by atoms with E-state index in [1.807, 2.05) is 0 Å². The number of anilines is 2. The van der Waals surface area contributed by atoms with Crippen LogP contribution < -0.4 is 20.9 Å². The van der Waals surface area contributed by atoms with Gasteiger partial charge in [0.05, 0.1) is 23.9 Å². The Morgan fingerprint density at radius 1 is 0.643 bits per heavy atom. The Balaban J connectivity index is 0.000000214. The van der Waals surface area contributed by atoms with Crippen LogP contribution >= 0.6 is 0 Å². The summed E-state index contributed by atoms with van der Waals surface area (Å²) in [7, 11) is -6.57. The van der Waals surface area contributed by atoms with E-state index in [0.717, 1.165) is 18.8 Å².